The quantitative estimate of drug-likeness (QED) is 0.764. The van der Waals surface area contributed by atoms with Crippen LogP contribution in [0.15, 0.2) is 22.8 Å². The fraction of sp³-hybridized carbons (Fsp3) is 0.667. The van der Waals surface area contributed by atoms with Crippen molar-refractivity contribution in [1.82, 2.24) is 10.2 Å². The summed E-state index contributed by atoms with van der Waals surface area (Å²) in [5, 5.41) is 3.28. The molecule has 18 heavy (non-hydrogen) atoms. The van der Waals surface area contributed by atoms with E-state index in [0.717, 1.165) is 25.3 Å². The summed E-state index contributed by atoms with van der Waals surface area (Å²) in [6, 6.07) is 3.98. The van der Waals surface area contributed by atoms with Gasteiger partial charge in [0, 0.05) is 19.1 Å². The zero-order valence-electron chi connectivity index (χ0n) is 10.6. The summed E-state index contributed by atoms with van der Waals surface area (Å²) in [7, 11) is -0.797. The molecule has 6 heteroatoms. The lowest BCUT2D eigenvalue weighted by Crippen LogP contribution is -2.37. The predicted octanol–water partition coefficient (Wildman–Crippen LogP) is 0.488. The second kappa shape index (κ2) is 5.86. The molecule has 2 rings (SSSR count). The van der Waals surface area contributed by atoms with E-state index in [1.807, 2.05) is 19.2 Å². The van der Waals surface area contributed by atoms with Crippen LogP contribution in [0.5, 0.6) is 0 Å². The van der Waals surface area contributed by atoms with Crippen LogP contribution < -0.4 is 5.32 Å². The lowest BCUT2D eigenvalue weighted by Gasteiger charge is -2.22. The number of furan rings is 1. The first-order valence-electron chi connectivity index (χ1n) is 6.20. The minimum absolute atomic E-state index is 0.181. The normalized spacial score (nSPS) is 22.7. The summed E-state index contributed by atoms with van der Waals surface area (Å²) in [6.07, 6.45) is 2.42. The Morgan fingerprint density at radius 2 is 2.39 bits per heavy atom. The molecule has 0 bridgehead atoms. The van der Waals surface area contributed by atoms with Gasteiger partial charge >= 0.3 is 0 Å². The summed E-state index contributed by atoms with van der Waals surface area (Å²) in [5.74, 6) is 1.56. The molecule has 0 saturated carbocycles. The first kappa shape index (κ1) is 13.6. The zero-order valence-corrected chi connectivity index (χ0v) is 11.4. The van der Waals surface area contributed by atoms with E-state index in [4.69, 9.17) is 4.42 Å². The highest BCUT2D eigenvalue weighted by molar-refractivity contribution is 7.91. The predicted molar refractivity (Wildman–Crippen MR) is 70.1 cm³/mol. The average Bonchev–Trinajstić information content (AvgIpc) is 2.93. The van der Waals surface area contributed by atoms with E-state index in [0.29, 0.717) is 18.1 Å². The third kappa shape index (κ3) is 3.83. The lowest BCUT2D eigenvalue weighted by atomic mass is 10.2. The van der Waals surface area contributed by atoms with E-state index in [1.54, 1.807) is 6.26 Å². The van der Waals surface area contributed by atoms with Crippen molar-refractivity contribution in [2.45, 2.75) is 19.0 Å². The van der Waals surface area contributed by atoms with Crippen molar-refractivity contribution in [2.75, 3.05) is 31.6 Å². The van der Waals surface area contributed by atoms with Crippen LogP contribution in [0.4, 0.5) is 0 Å². The van der Waals surface area contributed by atoms with Gasteiger partial charge in [-0.25, -0.2) is 8.42 Å². The number of likely N-dealkylation sites (N-methyl/N-ethyl adjacent to an activating group) is 1. The van der Waals surface area contributed by atoms with Gasteiger partial charge in [-0.05, 0) is 25.6 Å². The largest absolute Gasteiger partial charge is 0.468 e. The van der Waals surface area contributed by atoms with Crippen LogP contribution >= 0.6 is 0 Å². The van der Waals surface area contributed by atoms with Gasteiger partial charge in [0.05, 0.1) is 24.3 Å². The van der Waals surface area contributed by atoms with Gasteiger partial charge in [0.25, 0.3) is 0 Å². The molecule has 2 heterocycles. The Morgan fingerprint density at radius 3 is 3.00 bits per heavy atom. The number of nitrogens with one attached hydrogen (secondary N) is 1. The molecule has 1 unspecified atom stereocenters. The molecule has 0 aliphatic carbocycles. The van der Waals surface area contributed by atoms with Crippen molar-refractivity contribution in [3.8, 4) is 0 Å². The minimum Gasteiger partial charge on any atom is -0.468 e. The molecule has 1 saturated heterocycles. The van der Waals surface area contributed by atoms with Crippen molar-refractivity contribution in [1.29, 1.82) is 0 Å². The Morgan fingerprint density at radius 1 is 1.56 bits per heavy atom. The third-order valence-corrected chi connectivity index (χ3v) is 5.10. The first-order valence-corrected chi connectivity index (χ1v) is 8.03. The highest BCUT2D eigenvalue weighted by Crippen LogP contribution is 2.15. The molecule has 1 N–H and O–H groups in total. The summed E-state index contributed by atoms with van der Waals surface area (Å²) in [4.78, 5) is 2.12. The van der Waals surface area contributed by atoms with Gasteiger partial charge in [-0.2, -0.15) is 0 Å². The molecular formula is C12H20N2O3S. The standard InChI is InChI=1S/C12H20N2O3S/c1-14(11-4-8-18(15,16)10-11)6-5-13-9-12-3-2-7-17-12/h2-3,7,11,13H,4-6,8-10H2,1H3. The van der Waals surface area contributed by atoms with Crippen molar-refractivity contribution in [3.05, 3.63) is 24.2 Å². The van der Waals surface area contributed by atoms with E-state index in [-0.39, 0.29) is 6.04 Å². The zero-order chi connectivity index (χ0) is 13.0. The van der Waals surface area contributed by atoms with Gasteiger partial charge in [-0.3, -0.25) is 0 Å². The molecule has 5 nitrogen and oxygen atoms in total. The van der Waals surface area contributed by atoms with Crippen LogP contribution in [0.3, 0.4) is 0 Å². The molecule has 1 aromatic heterocycles. The Bertz CT molecular complexity index is 456. The Kier molecular flexibility index (Phi) is 4.42. The smallest absolute Gasteiger partial charge is 0.151 e. The van der Waals surface area contributed by atoms with E-state index in [1.165, 1.54) is 0 Å². The van der Waals surface area contributed by atoms with Crippen LogP contribution in [0.1, 0.15) is 12.2 Å². The maximum Gasteiger partial charge on any atom is 0.151 e. The van der Waals surface area contributed by atoms with Crippen molar-refractivity contribution < 1.29 is 12.8 Å². The fourth-order valence-electron chi connectivity index (χ4n) is 2.19. The van der Waals surface area contributed by atoms with E-state index in [9.17, 15) is 8.42 Å². The number of hydrogen-bond acceptors (Lipinski definition) is 5. The minimum atomic E-state index is -2.78. The number of hydrogen-bond donors (Lipinski definition) is 1. The number of sulfone groups is 1. The van der Waals surface area contributed by atoms with Crippen molar-refractivity contribution in [3.63, 3.8) is 0 Å². The Hall–Kier alpha value is -0.850. The SMILES string of the molecule is CN(CCNCc1ccco1)C1CCS(=O)(=O)C1. The number of nitrogens with zero attached hydrogens (tertiary/aromatic N) is 1. The topological polar surface area (TPSA) is 62.6 Å². The molecule has 1 fully saturated rings. The highest BCUT2D eigenvalue weighted by Gasteiger charge is 2.30. The second-order valence-corrected chi connectivity index (χ2v) is 7.02. The molecule has 0 aromatic carbocycles. The summed E-state index contributed by atoms with van der Waals surface area (Å²) >= 11 is 0. The monoisotopic (exact) mass is 272 g/mol. The molecular weight excluding hydrogens is 252 g/mol. The van der Waals surface area contributed by atoms with Gasteiger partial charge in [0.15, 0.2) is 9.84 Å². The van der Waals surface area contributed by atoms with Crippen LogP contribution in [-0.2, 0) is 16.4 Å². The van der Waals surface area contributed by atoms with Gasteiger partial charge in [0.1, 0.15) is 5.76 Å². The Balaban J connectivity index is 1.65. The Labute approximate surface area is 108 Å². The number of rotatable bonds is 6. The van der Waals surface area contributed by atoms with Crippen LogP contribution in [0.25, 0.3) is 0 Å². The summed E-state index contributed by atoms with van der Waals surface area (Å²) < 4.78 is 28.0. The maximum atomic E-state index is 11.4. The van der Waals surface area contributed by atoms with Gasteiger partial charge < -0.3 is 14.6 Å². The first-order chi connectivity index (χ1) is 8.57. The van der Waals surface area contributed by atoms with Crippen LogP contribution in [0, 0.1) is 0 Å². The van der Waals surface area contributed by atoms with E-state index in [2.05, 4.69) is 10.2 Å². The molecule has 1 aromatic rings. The van der Waals surface area contributed by atoms with Gasteiger partial charge in [-0.1, -0.05) is 0 Å². The molecule has 1 atom stereocenters. The molecule has 0 spiro atoms. The highest BCUT2D eigenvalue weighted by atomic mass is 32.2. The maximum absolute atomic E-state index is 11.4. The van der Waals surface area contributed by atoms with Gasteiger partial charge in [-0.15, -0.1) is 0 Å². The summed E-state index contributed by atoms with van der Waals surface area (Å²) in [5.41, 5.74) is 0. The van der Waals surface area contributed by atoms with E-state index < -0.39 is 9.84 Å². The molecule has 0 amide bonds. The third-order valence-electron chi connectivity index (χ3n) is 3.35. The summed E-state index contributed by atoms with van der Waals surface area (Å²) in [6.45, 7) is 2.39. The fourth-order valence-corrected chi connectivity index (χ4v) is 3.99. The lowest BCUT2D eigenvalue weighted by molar-refractivity contribution is 0.260. The second-order valence-electron chi connectivity index (χ2n) is 4.79. The molecule has 0 radical (unpaired) electrons. The van der Waals surface area contributed by atoms with Crippen molar-refractivity contribution >= 4 is 9.84 Å². The van der Waals surface area contributed by atoms with Crippen molar-refractivity contribution in [2.24, 2.45) is 0 Å². The van der Waals surface area contributed by atoms with Gasteiger partial charge in [0.2, 0.25) is 0 Å². The molecule has 1 aliphatic heterocycles. The molecule has 1 aliphatic rings. The van der Waals surface area contributed by atoms with E-state index >= 15 is 0 Å². The van der Waals surface area contributed by atoms with Crippen LogP contribution in [0.2, 0.25) is 0 Å². The molecule has 102 valence electrons. The van der Waals surface area contributed by atoms with Crippen LogP contribution in [-0.4, -0.2) is 51.0 Å². The average molecular weight is 272 g/mol.